The Morgan fingerprint density at radius 1 is 1.16 bits per heavy atom. The zero-order valence-electron chi connectivity index (χ0n) is 11.8. The number of halogens is 3. The maximum absolute atomic E-state index is 13.0. The minimum atomic E-state index is -4.05. The first-order chi connectivity index (χ1) is 8.89. The summed E-state index contributed by atoms with van der Waals surface area (Å²) in [6.07, 6.45) is 0.976. The molecular weight excluding hydrogens is 253 g/mol. The summed E-state index contributed by atoms with van der Waals surface area (Å²) in [7, 11) is 2.08. The molecule has 2 aliphatic rings. The number of rotatable bonds is 5. The Balaban J connectivity index is 1.82. The molecule has 0 heterocycles. The smallest absolute Gasteiger partial charge is 0.312 e. The first kappa shape index (κ1) is 15.1. The lowest BCUT2D eigenvalue weighted by atomic mass is 9.84. The number of hydrogen-bond donors (Lipinski definition) is 1. The highest BCUT2D eigenvalue weighted by Gasteiger charge is 2.45. The molecule has 2 saturated carbocycles. The van der Waals surface area contributed by atoms with E-state index in [2.05, 4.69) is 24.2 Å². The molecule has 0 aromatic heterocycles. The Morgan fingerprint density at radius 3 is 2.37 bits per heavy atom. The second kappa shape index (κ2) is 6.00. The zero-order chi connectivity index (χ0) is 14.0. The van der Waals surface area contributed by atoms with Crippen LogP contribution in [0.15, 0.2) is 0 Å². The van der Waals surface area contributed by atoms with Crippen LogP contribution < -0.4 is 5.32 Å². The van der Waals surface area contributed by atoms with Gasteiger partial charge in [-0.25, -0.2) is 0 Å². The summed E-state index contributed by atoms with van der Waals surface area (Å²) in [6, 6.07) is 0.577. The summed E-state index contributed by atoms with van der Waals surface area (Å²) in [5, 5.41) is 3.18. The number of nitrogens with zero attached hydrogens (tertiary/aromatic N) is 1. The minimum absolute atomic E-state index is 0.286. The molecule has 19 heavy (non-hydrogen) atoms. The van der Waals surface area contributed by atoms with E-state index in [0.29, 0.717) is 31.5 Å². The zero-order valence-corrected chi connectivity index (χ0v) is 11.8. The molecule has 2 fully saturated rings. The van der Waals surface area contributed by atoms with Crippen LogP contribution in [0.5, 0.6) is 0 Å². The molecule has 0 aliphatic heterocycles. The van der Waals surface area contributed by atoms with E-state index >= 15 is 0 Å². The average Bonchev–Trinajstić information content (AvgIpc) is 3.18. The third-order valence-corrected chi connectivity index (χ3v) is 4.68. The summed E-state index contributed by atoms with van der Waals surface area (Å²) in [6.45, 7) is 2.75. The Labute approximate surface area is 113 Å². The summed E-state index contributed by atoms with van der Waals surface area (Å²) in [4.78, 5) is 2.29. The van der Waals surface area contributed by atoms with Crippen molar-refractivity contribution >= 4 is 0 Å². The van der Waals surface area contributed by atoms with Crippen molar-refractivity contribution in [3.05, 3.63) is 0 Å². The van der Waals surface area contributed by atoms with Gasteiger partial charge in [-0.2, -0.15) is 13.2 Å². The van der Waals surface area contributed by atoms with Crippen LogP contribution >= 0.6 is 0 Å². The largest absolute Gasteiger partial charge is 0.393 e. The molecule has 0 aromatic rings. The van der Waals surface area contributed by atoms with E-state index in [9.17, 15) is 13.2 Å². The fourth-order valence-electron chi connectivity index (χ4n) is 3.07. The molecule has 2 nitrogen and oxygen atoms in total. The summed E-state index contributed by atoms with van der Waals surface area (Å²) in [5.74, 6) is -1.15. The number of likely N-dealkylation sites (N-methyl/N-ethyl adjacent to an activating group) is 1. The van der Waals surface area contributed by atoms with Gasteiger partial charge in [0.25, 0.3) is 0 Å². The van der Waals surface area contributed by atoms with Crippen molar-refractivity contribution < 1.29 is 13.2 Å². The van der Waals surface area contributed by atoms with E-state index in [1.165, 1.54) is 12.8 Å². The molecule has 1 N–H and O–H groups in total. The van der Waals surface area contributed by atoms with Gasteiger partial charge in [0.2, 0.25) is 0 Å². The third kappa shape index (κ3) is 4.09. The number of alkyl halides is 3. The van der Waals surface area contributed by atoms with E-state index in [-0.39, 0.29) is 12.5 Å². The lowest BCUT2D eigenvalue weighted by molar-refractivity contribution is -0.189. The maximum atomic E-state index is 13.0. The van der Waals surface area contributed by atoms with E-state index in [4.69, 9.17) is 0 Å². The highest BCUT2D eigenvalue weighted by atomic mass is 19.4. The predicted molar refractivity (Wildman–Crippen MR) is 70.1 cm³/mol. The molecule has 0 amide bonds. The molecule has 3 unspecified atom stereocenters. The van der Waals surface area contributed by atoms with Crippen LogP contribution in [0.2, 0.25) is 0 Å². The van der Waals surface area contributed by atoms with E-state index in [1.807, 2.05) is 0 Å². The fourth-order valence-corrected chi connectivity index (χ4v) is 3.07. The second-order valence-corrected chi connectivity index (χ2v) is 6.19. The molecule has 0 aromatic carbocycles. The van der Waals surface area contributed by atoms with Crippen LogP contribution in [0, 0.1) is 5.92 Å². The molecule has 2 rings (SSSR count). The van der Waals surface area contributed by atoms with Crippen molar-refractivity contribution in [2.24, 2.45) is 5.92 Å². The molecule has 0 spiro atoms. The standard InChI is InChI=1S/C14H25F3N2/c1-10(19(2)11-7-8-11)9-18-13-6-4-3-5-12(13)14(15,16)17/h10-13,18H,3-9H2,1-2H3. The van der Waals surface area contributed by atoms with Gasteiger partial charge in [-0.3, -0.25) is 4.90 Å². The van der Waals surface area contributed by atoms with E-state index in [0.717, 1.165) is 6.42 Å². The first-order valence-corrected chi connectivity index (χ1v) is 7.41. The monoisotopic (exact) mass is 278 g/mol. The van der Waals surface area contributed by atoms with Crippen LogP contribution in [0.4, 0.5) is 13.2 Å². The van der Waals surface area contributed by atoms with E-state index in [1.54, 1.807) is 0 Å². The molecule has 3 atom stereocenters. The van der Waals surface area contributed by atoms with E-state index < -0.39 is 12.1 Å². The third-order valence-electron chi connectivity index (χ3n) is 4.68. The quantitative estimate of drug-likeness (QED) is 0.831. The van der Waals surface area contributed by atoms with Gasteiger partial charge in [0.1, 0.15) is 0 Å². The van der Waals surface area contributed by atoms with Gasteiger partial charge in [-0.15, -0.1) is 0 Å². The molecule has 0 bridgehead atoms. The van der Waals surface area contributed by atoms with Gasteiger partial charge in [-0.05, 0) is 39.7 Å². The van der Waals surface area contributed by atoms with Gasteiger partial charge in [-0.1, -0.05) is 12.8 Å². The van der Waals surface area contributed by atoms with Crippen molar-refractivity contribution in [3.63, 3.8) is 0 Å². The SMILES string of the molecule is CC(CNC1CCCCC1C(F)(F)F)N(C)C1CC1. The molecular formula is C14H25F3N2. The molecule has 112 valence electrons. The average molecular weight is 278 g/mol. The molecule has 0 radical (unpaired) electrons. The Bertz CT molecular complexity index is 289. The molecule has 0 saturated heterocycles. The lowest BCUT2D eigenvalue weighted by Gasteiger charge is -2.35. The maximum Gasteiger partial charge on any atom is 0.393 e. The Morgan fingerprint density at radius 2 is 1.79 bits per heavy atom. The van der Waals surface area contributed by atoms with Gasteiger partial charge < -0.3 is 5.32 Å². The van der Waals surface area contributed by atoms with Crippen LogP contribution in [0.1, 0.15) is 45.4 Å². The summed E-state index contributed by atoms with van der Waals surface area (Å²) < 4.78 is 38.9. The van der Waals surface area contributed by atoms with Gasteiger partial charge in [0.15, 0.2) is 0 Å². The summed E-state index contributed by atoms with van der Waals surface area (Å²) >= 11 is 0. The highest BCUT2D eigenvalue weighted by Crippen LogP contribution is 2.37. The normalized spacial score (nSPS) is 30.6. The van der Waals surface area contributed by atoms with Crippen molar-refractivity contribution in [2.75, 3.05) is 13.6 Å². The number of hydrogen-bond acceptors (Lipinski definition) is 2. The second-order valence-electron chi connectivity index (χ2n) is 6.19. The predicted octanol–water partition coefficient (Wildman–Crippen LogP) is 3.18. The van der Waals surface area contributed by atoms with Gasteiger partial charge in [0, 0.05) is 24.7 Å². The van der Waals surface area contributed by atoms with Crippen molar-refractivity contribution in [3.8, 4) is 0 Å². The minimum Gasteiger partial charge on any atom is -0.312 e. The lowest BCUT2D eigenvalue weighted by Crippen LogP contribution is -2.49. The Kier molecular flexibility index (Phi) is 4.77. The van der Waals surface area contributed by atoms with Crippen molar-refractivity contribution in [2.45, 2.75) is 69.8 Å². The van der Waals surface area contributed by atoms with Gasteiger partial charge in [0.05, 0.1) is 5.92 Å². The van der Waals surface area contributed by atoms with Crippen LogP contribution in [-0.2, 0) is 0 Å². The number of nitrogens with one attached hydrogen (secondary N) is 1. The summed E-state index contributed by atoms with van der Waals surface area (Å²) in [5.41, 5.74) is 0. The molecule has 2 aliphatic carbocycles. The molecule has 5 heteroatoms. The van der Waals surface area contributed by atoms with Crippen LogP contribution in [-0.4, -0.2) is 42.8 Å². The fraction of sp³-hybridized carbons (Fsp3) is 1.00. The van der Waals surface area contributed by atoms with Crippen molar-refractivity contribution in [1.82, 2.24) is 10.2 Å². The van der Waals surface area contributed by atoms with Crippen LogP contribution in [0.25, 0.3) is 0 Å². The van der Waals surface area contributed by atoms with Crippen LogP contribution in [0.3, 0.4) is 0 Å². The first-order valence-electron chi connectivity index (χ1n) is 7.41. The Hall–Kier alpha value is -0.290. The van der Waals surface area contributed by atoms with Crippen molar-refractivity contribution in [1.29, 1.82) is 0 Å². The topological polar surface area (TPSA) is 15.3 Å². The highest BCUT2D eigenvalue weighted by molar-refractivity contribution is 4.89. The van der Waals surface area contributed by atoms with Gasteiger partial charge >= 0.3 is 6.18 Å².